The molecule has 0 N–H and O–H groups in total. The Labute approximate surface area is 154 Å². The van der Waals surface area contributed by atoms with Crippen molar-refractivity contribution < 1.29 is 19.1 Å². The van der Waals surface area contributed by atoms with Gasteiger partial charge in [0, 0.05) is 7.05 Å². The fourth-order valence-corrected chi connectivity index (χ4v) is 3.62. The third-order valence-corrected chi connectivity index (χ3v) is 5.06. The number of hydrogen-bond acceptors (Lipinski definition) is 5. The number of rotatable bonds is 4. The summed E-state index contributed by atoms with van der Waals surface area (Å²) >= 11 is 1.36. The van der Waals surface area contributed by atoms with Crippen LogP contribution in [0.2, 0.25) is 0 Å². The minimum atomic E-state index is -0.392. The highest BCUT2D eigenvalue weighted by atomic mass is 32.1. The first kappa shape index (κ1) is 17.9. The van der Waals surface area contributed by atoms with Crippen LogP contribution < -0.4 is 9.54 Å². The molecule has 0 spiro atoms. The van der Waals surface area contributed by atoms with Crippen LogP contribution in [0.25, 0.3) is 10.2 Å². The SMILES string of the molecule is COC(=O)c1ccc2c(c1)sc(=NC(=O)Cc1ccc(OC)cc1)n2C. The normalized spacial score (nSPS) is 11.6. The third kappa shape index (κ3) is 3.67. The van der Waals surface area contributed by atoms with Crippen molar-refractivity contribution in [3.8, 4) is 5.75 Å². The van der Waals surface area contributed by atoms with Crippen LogP contribution in [-0.4, -0.2) is 30.7 Å². The zero-order valence-electron chi connectivity index (χ0n) is 14.7. The van der Waals surface area contributed by atoms with Crippen molar-refractivity contribution in [2.45, 2.75) is 6.42 Å². The van der Waals surface area contributed by atoms with Crippen LogP contribution in [0.15, 0.2) is 47.5 Å². The summed E-state index contributed by atoms with van der Waals surface area (Å²) in [6, 6.07) is 12.6. The number of hydrogen-bond donors (Lipinski definition) is 0. The van der Waals surface area contributed by atoms with E-state index in [1.165, 1.54) is 18.4 Å². The van der Waals surface area contributed by atoms with Gasteiger partial charge in [-0.1, -0.05) is 23.5 Å². The van der Waals surface area contributed by atoms with Crippen molar-refractivity contribution in [3.05, 3.63) is 58.4 Å². The molecule has 1 heterocycles. The predicted molar refractivity (Wildman–Crippen MR) is 99.4 cm³/mol. The molecule has 2 aromatic carbocycles. The number of aromatic nitrogens is 1. The molecule has 6 nitrogen and oxygen atoms in total. The summed E-state index contributed by atoms with van der Waals surface area (Å²) in [5.74, 6) is 0.123. The first-order chi connectivity index (χ1) is 12.5. The Morgan fingerprint density at radius 3 is 2.50 bits per heavy atom. The van der Waals surface area contributed by atoms with Gasteiger partial charge in [-0.2, -0.15) is 4.99 Å². The number of fused-ring (bicyclic) bond motifs is 1. The zero-order chi connectivity index (χ0) is 18.7. The van der Waals surface area contributed by atoms with Crippen LogP contribution in [0.5, 0.6) is 5.75 Å². The van der Waals surface area contributed by atoms with E-state index in [9.17, 15) is 9.59 Å². The van der Waals surface area contributed by atoms with E-state index < -0.39 is 5.97 Å². The molecule has 0 unspecified atom stereocenters. The Balaban J connectivity index is 1.89. The smallest absolute Gasteiger partial charge is 0.337 e. The fraction of sp³-hybridized carbons (Fsp3) is 0.211. The average Bonchev–Trinajstić information content (AvgIpc) is 2.96. The van der Waals surface area contributed by atoms with Crippen molar-refractivity contribution in [3.63, 3.8) is 0 Å². The molecule has 1 amide bonds. The van der Waals surface area contributed by atoms with Crippen molar-refractivity contribution in [2.24, 2.45) is 12.0 Å². The summed E-state index contributed by atoms with van der Waals surface area (Å²) < 4.78 is 12.6. The standard InChI is InChI=1S/C19H18N2O4S/c1-21-15-9-6-13(18(23)25-3)11-16(15)26-19(21)20-17(22)10-12-4-7-14(24-2)8-5-12/h4-9,11H,10H2,1-3H3. The molecule has 3 rings (SSSR count). The number of ether oxygens (including phenoxy) is 2. The van der Waals surface area contributed by atoms with Crippen LogP contribution in [-0.2, 0) is 23.0 Å². The highest BCUT2D eigenvalue weighted by molar-refractivity contribution is 7.16. The molecule has 0 saturated carbocycles. The lowest BCUT2D eigenvalue weighted by Gasteiger charge is -2.01. The van der Waals surface area contributed by atoms with E-state index in [4.69, 9.17) is 9.47 Å². The molecule has 26 heavy (non-hydrogen) atoms. The van der Waals surface area contributed by atoms with Gasteiger partial charge in [0.1, 0.15) is 5.75 Å². The second-order valence-corrected chi connectivity index (χ2v) is 6.66. The summed E-state index contributed by atoms with van der Waals surface area (Å²) in [6.07, 6.45) is 0.214. The van der Waals surface area contributed by atoms with E-state index in [-0.39, 0.29) is 12.3 Å². The Hall–Kier alpha value is -2.93. The number of carbonyl (C=O) groups is 2. The molecule has 7 heteroatoms. The number of thiazole rings is 1. The van der Waals surface area contributed by atoms with Crippen molar-refractivity contribution in [1.82, 2.24) is 4.57 Å². The monoisotopic (exact) mass is 370 g/mol. The van der Waals surface area contributed by atoms with Crippen LogP contribution in [0.4, 0.5) is 0 Å². The molecule has 0 fully saturated rings. The molecule has 0 atom stereocenters. The fourth-order valence-electron chi connectivity index (χ4n) is 2.55. The van der Waals surface area contributed by atoms with E-state index in [0.717, 1.165) is 21.5 Å². The van der Waals surface area contributed by atoms with Crippen molar-refractivity contribution >= 4 is 33.4 Å². The summed E-state index contributed by atoms with van der Waals surface area (Å²) in [6.45, 7) is 0. The quantitative estimate of drug-likeness (QED) is 0.662. The number of amides is 1. The number of benzene rings is 2. The molecule has 3 aromatic rings. The second-order valence-electron chi connectivity index (χ2n) is 5.65. The maximum Gasteiger partial charge on any atom is 0.337 e. The zero-order valence-corrected chi connectivity index (χ0v) is 15.5. The van der Waals surface area contributed by atoms with E-state index in [1.54, 1.807) is 19.2 Å². The summed E-state index contributed by atoms with van der Waals surface area (Å²) in [5.41, 5.74) is 2.24. The van der Waals surface area contributed by atoms with Gasteiger partial charge in [0.2, 0.25) is 0 Å². The molecule has 0 saturated heterocycles. The molecule has 0 aliphatic rings. The largest absolute Gasteiger partial charge is 0.497 e. The molecular formula is C19H18N2O4S. The number of esters is 1. The molecule has 0 bridgehead atoms. The molecule has 0 radical (unpaired) electrons. The maximum absolute atomic E-state index is 12.3. The van der Waals surface area contributed by atoms with E-state index in [0.29, 0.717) is 10.4 Å². The van der Waals surface area contributed by atoms with E-state index >= 15 is 0 Å². The lowest BCUT2D eigenvalue weighted by Crippen LogP contribution is -2.14. The number of nitrogens with zero attached hydrogens (tertiary/aromatic N) is 2. The van der Waals surface area contributed by atoms with Gasteiger partial charge in [-0.3, -0.25) is 4.79 Å². The average molecular weight is 370 g/mol. The van der Waals surface area contributed by atoms with Gasteiger partial charge in [-0.15, -0.1) is 0 Å². The van der Waals surface area contributed by atoms with Crippen LogP contribution >= 0.6 is 11.3 Å². The number of methoxy groups -OCH3 is 2. The van der Waals surface area contributed by atoms with Gasteiger partial charge in [0.25, 0.3) is 5.91 Å². The Kier molecular flexibility index (Phi) is 5.18. The number of carbonyl (C=O) groups excluding carboxylic acids is 2. The molecule has 0 aliphatic heterocycles. The lowest BCUT2D eigenvalue weighted by molar-refractivity contribution is -0.117. The van der Waals surface area contributed by atoms with Crippen molar-refractivity contribution in [2.75, 3.05) is 14.2 Å². The van der Waals surface area contributed by atoms with Crippen LogP contribution in [0.1, 0.15) is 15.9 Å². The molecule has 1 aromatic heterocycles. The van der Waals surface area contributed by atoms with Gasteiger partial charge < -0.3 is 14.0 Å². The number of aryl methyl sites for hydroxylation is 1. The van der Waals surface area contributed by atoms with Gasteiger partial charge in [-0.05, 0) is 35.9 Å². The predicted octanol–water partition coefficient (Wildman–Crippen LogP) is 2.71. The molecule has 134 valence electrons. The Bertz CT molecular complexity index is 1030. The Morgan fingerprint density at radius 2 is 1.85 bits per heavy atom. The van der Waals surface area contributed by atoms with Gasteiger partial charge >= 0.3 is 5.97 Å². The molecular weight excluding hydrogens is 352 g/mol. The topological polar surface area (TPSA) is 69.9 Å². The third-order valence-electron chi connectivity index (χ3n) is 3.97. The summed E-state index contributed by atoms with van der Waals surface area (Å²) in [4.78, 5) is 28.8. The molecule has 0 aliphatic carbocycles. The van der Waals surface area contributed by atoms with Gasteiger partial charge in [0.05, 0.1) is 36.4 Å². The van der Waals surface area contributed by atoms with E-state index in [2.05, 4.69) is 4.99 Å². The van der Waals surface area contributed by atoms with Crippen LogP contribution in [0, 0.1) is 0 Å². The summed E-state index contributed by atoms with van der Waals surface area (Å²) in [5, 5.41) is 0. The van der Waals surface area contributed by atoms with Crippen molar-refractivity contribution in [1.29, 1.82) is 0 Å². The maximum atomic E-state index is 12.3. The highest BCUT2D eigenvalue weighted by Crippen LogP contribution is 2.19. The van der Waals surface area contributed by atoms with Crippen LogP contribution in [0.3, 0.4) is 0 Å². The first-order valence-electron chi connectivity index (χ1n) is 7.90. The highest BCUT2D eigenvalue weighted by Gasteiger charge is 2.10. The van der Waals surface area contributed by atoms with E-state index in [1.807, 2.05) is 41.9 Å². The minimum Gasteiger partial charge on any atom is -0.497 e. The van der Waals surface area contributed by atoms with Gasteiger partial charge in [0.15, 0.2) is 4.80 Å². The summed E-state index contributed by atoms with van der Waals surface area (Å²) in [7, 11) is 4.79. The van der Waals surface area contributed by atoms with Gasteiger partial charge in [-0.25, -0.2) is 4.79 Å². The second kappa shape index (κ2) is 7.53. The first-order valence-corrected chi connectivity index (χ1v) is 8.72. The lowest BCUT2D eigenvalue weighted by atomic mass is 10.1. The Morgan fingerprint density at radius 1 is 1.12 bits per heavy atom. The minimum absolute atomic E-state index is 0.214.